The standard InChI is InChI=1S/C23H24N2O4S/c1-3-7-17-8-5-6-9-18(17)28-12-13-29-19-11-10-16(14-20(19)27-4-2)15-21-22(26)25-23(24)30-21/h3,5-6,8-11,14-15H,1,4,7,12-13H2,2H3,(H2,24,25,26)/b21-15+. The van der Waals surface area contributed by atoms with Crippen molar-refractivity contribution in [3.8, 4) is 17.2 Å². The number of benzene rings is 2. The van der Waals surface area contributed by atoms with Gasteiger partial charge in [0.05, 0.1) is 11.5 Å². The molecule has 2 N–H and O–H groups in total. The summed E-state index contributed by atoms with van der Waals surface area (Å²) in [4.78, 5) is 16.0. The maximum absolute atomic E-state index is 11.8. The number of carbonyl (C=O) groups is 1. The molecule has 156 valence electrons. The number of nitrogens with zero attached hydrogens (tertiary/aromatic N) is 1. The maximum Gasteiger partial charge on any atom is 0.286 e. The fourth-order valence-corrected chi connectivity index (χ4v) is 3.53. The molecule has 2 aromatic carbocycles. The summed E-state index contributed by atoms with van der Waals surface area (Å²) in [5.74, 6) is 1.71. The molecule has 1 aliphatic heterocycles. The molecule has 1 amide bonds. The van der Waals surface area contributed by atoms with E-state index in [4.69, 9.17) is 19.9 Å². The highest BCUT2D eigenvalue weighted by Crippen LogP contribution is 2.32. The molecule has 0 fully saturated rings. The number of amidine groups is 1. The second-order valence-corrected chi connectivity index (χ2v) is 7.36. The summed E-state index contributed by atoms with van der Waals surface area (Å²) in [5, 5.41) is 0.255. The van der Waals surface area contributed by atoms with Crippen molar-refractivity contribution in [2.75, 3.05) is 19.8 Å². The van der Waals surface area contributed by atoms with E-state index in [1.54, 1.807) is 6.08 Å². The average Bonchev–Trinajstić information content (AvgIpc) is 3.05. The molecule has 0 bridgehead atoms. The lowest BCUT2D eigenvalue weighted by Crippen LogP contribution is -2.10. The molecule has 0 unspecified atom stereocenters. The fourth-order valence-electron chi connectivity index (χ4n) is 2.85. The molecule has 7 heteroatoms. The summed E-state index contributed by atoms with van der Waals surface area (Å²) in [6.07, 6.45) is 4.34. The van der Waals surface area contributed by atoms with Crippen LogP contribution in [0.3, 0.4) is 0 Å². The Balaban J connectivity index is 1.63. The van der Waals surface area contributed by atoms with Crippen molar-refractivity contribution in [3.63, 3.8) is 0 Å². The van der Waals surface area contributed by atoms with Crippen LogP contribution in [-0.2, 0) is 11.2 Å². The van der Waals surface area contributed by atoms with Gasteiger partial charge in [-0.05, 0) is 60.5 Å². The van der Waals surface area contributed by atoms with Crippen molar-refractivity contribution in [2.45, 2.75) is 13.3 Å². The number of nitrogens with two attached hydrogens (primary N) is 1. The molecule has 1 aliphatic rings. The minimum absolute atomic E-state index is 0.255. The van der Waals surface area contributed by atoms with Crippen LogP contribution in [0.5, 0.6) is 17.2 Å². The molecule has 0 saturated carbocycles. The van der Waals surface area contributed by atoms with E-state index < -0.39 is 0 Å². The van der Waals surface area contributed by atoms with Crippen molar-refractivity contribution >= 4 is 28.9 Å². The van der Waals surface area contributed by atoms with Crippen molar-refractivity contribution in [1.82, 2.24) is 0 Å². The van der Waals surface area contributed by atoms with Gasteiger partial charge in [-0.2, -0.15) is 4.99 Å². The van der Waals surface area contributed by atoms with Gasteiger partial charge in [-0.1, -0.05) is 30.3 Å². The molecule has 0 aliphatic carbocycles. The number of rotatable bonds is 10. The molecule has 0 aromatic heterocycles. The summed E-state index contributed by atoms with van der Waals surface area (Å²) in [7, 11) is 0. The zero-order valence-electron chi connectivity index (χ0n) is 16.8. The van der Waals surface area contributed by atoms with E-state index in [2.05, 4.69) is 11.6 Å². The summed E-state index contributed by atoms with van der Waals surface area (Å²) in [5.41, 5.74) is 7.49. The topological polar surface area (TPSA) is 83.1 Å². The number of aliphatic imine (C=N–C) groups is 1. The van der Waals surface area contributed by atoms with Crippen molar-refractivity contribution < 1.29 is 19.0 Å². The fraction of sp³-hybridized carbons (Fsp3) is 0.217. The van der Waals surface area contributed by atoms with E-state index in [9.17, 15) is 4.79 Å². The van der Waals surface area contributed by atoms with Gasteiger partial charge in [-0.15, -0.1) is 6.58 Å². The number of hydrogen-bond acceptors (Lipinski definition) is 6. The highest BCUT2D eigenvalue weighted by atomic mass is 32.2. The normalized spacial score (nSPS) is 14.5. The number of thioether (sulfide) groups is 1. The van der Waals surface area contributed by atoms with E-state index in [1.807, 2.05) is 55.5 Å². The summed E-state index contributed by atoms with van der Waals surface area (Å²) in [6, 6.07) is 13.4. The largest absolute Gasteiger partial charge is 0.490 e. The highest BCUT2D eigenvalue weighted by Gasteiger charge is 2.19. The molecule has 0 radical (unpaired) electrons. The number of allylic oxidation sites excluding steroid dienone is 1. The summed E-state index contributed by atoms with van der Waals surface area (Å²) >= 11 is 1.16. The Bertz CT molecular complexity index is 985. The third kappa shape index (κ3) is 5.67. The van der Waals surface area contributed by atoms with E-state index in [-0.39, 0.29) is 11.1 Å². The third-order valence-electron chi connectivity index (χ3n) is 4.14. The first kappa shape index (κ1) is 21.5. The first-order chi connectivity index (χ1) is 14.6. The smallest absolute Gasteiger partial charge is 0.286 e. The molecule has 1 heterocycles. The Morgan fingerprint density at radius 2 is 1.83 bits per heavy atom. The monoisotopic (exact) mass is 424 g/mol. The lowest BCUT2D eigenvalue weighted by Gasteiger charge is -2.14. The Kier molecular flexibility index (Phi) is 7.57. The number of carbonyl (C=O) groups excluding carboxylic acids is 1. The van der Waals surface area contributed by atoms with Gasteiger partial charge in [0.2, 0.25) is 0 Å². The number of hydrogen-bond donors (Lipinski definition) is 1. The molecule has 6 nitrogen and oxygen atoms in total. The van der Waals surface area contributed by atoms with Gasteiger partial charge in [0.15, 0.2) is 16.7 Å². The SMILES string of the molecule is C=CCc1ccccc1OCCOc1ccc(/C=C2/SC(N)=NC2=O)cc1OCC. The van der Waals surface area contributed by atoms with E-state index in [0.717, 1.165) is 35.1 Å². The van der Waals surface area contributed by atoms with Crippen LogP contribution in [0.25, 0.3) is 6.08 Å². The zero-order chi connectivity index (χ0) is 21.3. The molecule has 0 spiro atoms. The second kappa shape index (κ2) is 10.5. The van der Waals surface area contributed by atoms with Crippen LogP contribution in [0.4, 0.5) is 0 Å². The highest BCUT2D eigenvalue weighted by molar-refractivity contribution is 8.18. The van der Waals surface area contributed by atoms with Gasteiger partial charge in [0, 0.05) is 0 Å². The van der Waals surface area contributed by atoms with Crippen LogP contribution in [0.15, 0.2) is 65.0 Å². The van der Waals surface area contributed by atoms with Crippen LogP contribution in [0.1, 0.15) is 18.1 Å². The summed E-state index contributed by atoms with van der Waals surface area (Å²) in [6.45, 7) is 6.93. The molecular weight excluding hydrogens is 400 g/mol. The van der Waals surface area contributed by atoms with Crippen LogP contribution in [0.2, 0.25) is 0 Å². The molecule has 30 heavy (non-hydrogen) atoms. The van der Waals surface area contributed by atoms with Gasteiger partial charge in [0.1, 0.15) is 19.0 Å². The molecule has 0 atom stereocenters. The van der Waals surface area contributed by atoms with Gasteiger partial charge in [-0.25, -0.2) is 0 Å². The van der Waals surface area contributed by atoms with Crippen LogP contribution >= 0.6 is 11.8 Å². The van der Waals surface area contributed by atoms with E-state index >= 15 is 0 Å². The van der Waals surface area contributed by atoms with Crippen LogP contribution < -0.4 is 19.9 Å². The quantitative estimate of drug-likeness (QED) is 0.350. The van der Waals surface area contributed by atoms with Gasteiger partial charge in [0.25, 0.3) is 5.91 Å². The Morgan fingerprint density at radius 1 is 1.07 bits per heavy atom. The predicted octanol–water partition coefficient (Wildman–Crippen LogP) is 4.20. The van der Waals surface area contributed by atoms with E-state index in [1.165, 1.54) is 0 Å². The lowest BCUT2D eigenvalue weighted by molar-refractivity contribution is -0.113. The lowest BCUT2D eigenvalue weighted by atomic mass is 10.1. The second-order valence-electron chi connectivity index (χ2n) is 6.30. The van der Waals surface area contributed by atoms with Crippen LogP contribution in [0, 0.1) is 0 Å². The van der Waals surface area contributed by atoms with E-state index in [0.29, 0.717) is 36.2 Å². The van der Waals surface area contributed by atoms with Crippen molar-refractivity contribution in [2.24, 2.45) is 10.7 Å². The minimum atomic E-state index is -0.329. The Hall–Kier alpha value is -3.19. The van der Waals surface area contributed by atoms with Crippen LogP contribution in [-0.4, -0.2) is 30.9 Å². The minimum Gasteiger partial charge on any atom is -0.490 e. The number of ether oxygens (including phenoxy) is 3. The molecule has 3 rings (SSSR count). The first-order valence-electron chi connectivity index (χ1n) is 9.60. The number of para-hydroxylation sites is 1. The average molecular weight is 425 g/mol. The predicted molar refractivity (Wildman–Crippen MR) is 121 cm³/mol. The Morgan fingerprint density at radius 3 is 2.53 bits per heavy atom. The van der Waals surface area contributed by atoms with Gasteiger partial charge < -0.3 is 19.9 Å². The van der Waals surface area contributed by atoms with Crippen molar-refractivity contribution in [3.05, 3.63) is 71.2 Å². The Labute approximate surface area is 180 Å². The zero-order valence-corrected chi connectivity index (χ0v) is 17.6. The number of amides is 1. The van der Waals surface area contributed by atoms with Crippen molar-refractivity contribution in [1.29, 1.82) is 0 Å². The first-order valence-corrected chi connectivity index (χ1v) is 10.4. The molecule has 2 aromatic rings. The summed E-state index contributed by atoms with van der Waals surface area (Å²) < 4.78 is 17.4. The van der Waals surface area contributed by atoms with Gasteiger partial charge >= 0.3 is 0 Å². The molecular formula is C23H24N2O4S. The molecule has 0 saturated heterocycles. The van der Waals surface area contributed by atoms with Gasteiger partial charge in [-0.3, -0.25) is 4.79 Å². The maximum atomic E-state index is 11.8. The third-order valence-corrected chi connectivity index (χ3v) is 4.95.